The molecule has 3 aromatic carbocycles. The molecule has 43 heavy (non-hydrogen) atoms. The van der Waals surface area contributed by atoms with E-state index in [1.165, 1.54) is 13.2 Å². The van der Waals surface area contributed by atoms with Gasteiger partial charge in [0.15, 0.2) is 0 Å². The minimum atomic E-state index is -0.631. The van der Waals surface area contributed by atoms with Gasteiger partial charge in [-0.25, -0.2) is 4.98 Å². The molecule has 0 unspecified atom stereocenters. The SMILES string of the molecule is CCn1nc(C)cc1C(=O)Nc1nc2cc(C(N)=O)cc(OC)c2n1CC=CCNC(=O)c1ccc2cc(Cl)ccc2c1. The monoisotopic (exact) mass is 599 g/mol. The van der Waals surface area contributed by atoms with Crippen molar-refractivity contribution in [3.63, 3.8) is 0 Å². The molecule has 4 N–H and O–H groups in total. The maximum Gasteiger partial charge on any atom is 0.276 e. The highest BCUT2D eigenvalue weighted by Crippen LogP contribution is 2.31. The molecular weight excluding hydrogens is 570 g/mol. The van der Waals surface area contributed by atoms with Gasteiger partial charge in [0.25, 0.3) is 11.8 Å². The van der Waals surface area contributed by atoms with Crippen LogP contribution in [0.2, 0.25) is 5.02 Å². The molecule has 0 aliphatic heterocycles. The number of nitrogens with zero attached hydrogens (tertiary/aromatic N) is 4. The molecular formula is C31H30ClN7O4. The van der Waals surface area contributed by atoms with Crippen LogP contribution in [-0.2, 0) is 13.1 Å². The van der Waals surface area contributed by atoms with Crippen molar-refractivity contribution in [1.29, 1.82) is 0 Å². The van der Waals surface area contributed by atoms with E-state index in [4.69, 9.17) is 22.1 Å². The molecule has 3 amide bonds. The lowest BCUT2D eigenvalue weighted by molar-refractivity contribution is 0.0955. The minimum absolute atomic E-state index is 0.217. The Morgan fingerprint density at radius 2 is 1.77 bits per heavy atom. The van der Waals surface area contributed by atoms with Crippen LogP contribution < -0.4 is 21.1 Å². The van der Waals surface area contributed by atoms with Crippen LogP contribution in [0.5, 0.6) is 5.75 Å². The number of fused-ring (bicyclic) bond motifs is 2. The Labute approximate surface area is 252 Å². The summed E-state index contributed by atoms with van der Waals surface area (Å²) in [5.74, 6) is -0.624. The van der Waals surface area contributed by atoms with Crippen LogP contribution in [0, 0.1) is 6.92 Å². The number of imidazole rings is 1. The van der Waals surface area contributed by atoms with Crippen molar-refractivity contribution in [2.45, 2.75) is 26.9 Å². The minimum Gasteiger partial charge on any atom is -0.494 e. The molecule has 0 bridgehead atoms. The van der Waals surface area contributed by atoms with Gasteiger partial charge in [-0.05, 0) is 67.1 Å². The average molecular weight is 600 g/mol. The summed E-state index contributed by atoms with van der Waals surface area (Å²) in [6.07, 6.45) is 3.64. The first-order valence-electron chi connectivity index (χ1n) is 13.5. The molecule has 0 saturated carbocycles. The maximum absolute atomic E-state index is 13.2. The Bertz CT molecular complexity index is 1910. The zero-order chi connectivity index (χ0) is 30.7. The number of nitrogens with two attached hydrogens (primary N) is 1. The molecule has 0 radical (unpaired) electrons. The molecule has 0 atom stereocenters. The summed E-state index contributed by atoms with van der Waals surface area (Å²) < 4.78 is 8.92. The molecule has 0 fully saturated rings. The number of anilines is 1. The Hall–Kier alpha value is -5.16. The van der Waals surface area contributed by atoms with Gasteiger partial charge in [-0.15, -0.1) is 0 Å². The number of primary amides is 1. The Kier molecular flexibility index (Phi) is 8.44. The van der Waals surface area contributed by atoms with E-state index in [2.05, 4.69) is 20.7 Å². The van der Waals surface area contributed by atoms with Crippen molar-refractivity contribution < 1.29 is 19.1 Å². The lowest BCUT2D eigenvalue weighted by Crippen LogP contribution is -2.23. The molecule has 5 aromatic rings. The van der Waals surface area contributed by atoms with Gasteiger partial charge in [0.05, 0.1) is 18.3 Å². The highest BCUT2D eigenvalue weighted by Gasteiger charge is 2.21. The molecule has 12 heteroatoms. The second-order valence-corrected chi connectivity index (χ2v) is 10.2. The molecule has 5 rings (SSSR count). The van der Waals surface area contributed by atoms with Crippen LogP contribution in [0.1, 0.15) is 43.8 Å². The molecule has 0 aliphatic rings. The highest BCUT2D eigenvalue weighted by molar-refractivity contribution is 6.31. The summed E-state index contributed by atoms with van der Waals surface area (Å²) in [5, 5.41) is 12.6. The molecule has 0 saturated heterocycles. The van der Waals surface area contributed by atoms with E-state index in [1.807, 2.05) is 44.2 Å². The fraction of sp³-hybridized carbons (Fsp3) is 0.194. The number of halogens is 1. The Morgan fingerprint density at radius 1 is 1.00 bits per heavy atom. The molecule has 2 heterocycles. The zero-order valence-corrected chi connectivity index (χ0v) is 24.6. The van der Waals surface area contributed by atoms with E-state index in [9.17, 15) is 14.4 Å². The lowest BCUT2D eigenvalue weighted by Gasteiger charge is -2.11. The molecule has 0 spiro atoms. The predicted molar refractivity (Wildman–Crippen MR) is 166 cm³/mol. The van der Waals surface area contributed by atoms with Crippen LogP contribution in [0.15, 0.2) is 66.7 Å². The third kappa shape index (κ3) is 6.21. The van der Waals surface area contributed by atoms with Crippen molar-refractivity contribution in [2.75, 3.05) is 19.0 Å². The van der Waals surface area contributed by atoms with Gasteiger partial charge in [0.1, 0.15) is 17.0 Å². The number of carbonyl (C=O) groups excluding carboxylic acids is 3. The molecule has 0 aliphatic carbocycles. The third-order valence-electron chi connectivity index (χ3n) is 6.87. The number of methoxy groups -OCH3 is 1. The van der Waals surface area contributed by atoms with Crippen LogP contribution in [0.3, 0.4) is 0 Å². The predicted octanol–water partition coefficient (Wildman–Crippen LogP) is 4.71. The van der Waals surface area contributed by atoms with Crippen molar-refractivity contribution in [1.82, 2.24) is 24.6 Å². The molecule has 11 nitrogen and oxygen atoms in total. The standard InChI is InChI=1S/C31H30ClN7O4/c1-4-39-25(13-18(2)37-39)30(42)36-31-35-24-16-22(28(33)40)17-26(43-3)27(24)38(31)12-6-5-11-34-29(41)21-8-7-20-15-23(32)10-9-19(20)14-21/h5-10,13-17H,4,11-12H2,1-3H3,(H2,33,40)(H,34,41)(H,35,36,42). The number of amides is 3. The van der Waals surface area contributed by atoms with E-state index in [0.29, 0.717) is 45.3 Å². The number of rotatable bonds is 10. The zero-order valence-electron chi connectivity index (χ0n) is 23.8. The van der Waals surface area contributed by atoms with Crippen LogP contribution in [-0.4, -0.2) is 50.7 Å². The second-order valence-electron chi connectivity index (χ2n) is 9.79. The van der Waals surface area contributed by atoms with Gasteiger partial charge in [-0.1, -0.05) is 35.9 Å². The fourth-order valence-corrected chi connectivity index (χ4v) is 4.99. The third-order valence-corrected chi connectivity index (χ3v) is 7.11. The summed E-state index contributed by atoms with van der Waals surface area (Å²) in [7, 11) is 1.48. The Balaban J connectivity index is 1.37. The van der Waals surface area contributed by atoms with E-state index >= 15 is 0 Å². The Morgan fingerprint density at radius 3 is 2.51 bits per heavy atom. The van der Waals surface area contributed by atoms with Gasteiger partial charge >= 0.3 is 0 Å². The number of carbonyl (C=O) groups is 3. The van der Waals surface area contributed by atoms with Gasteiger partial charge < -0.3 is 20.4 Å². The van der Waals surface area contributed by atoms with Crippen molar-refractivity contribution in [3.05, 3.63) is 94.3 Å². The number of ether oxygens (including phenoxy) is 1. The van der Waals surface area contributed by atoms with Crippen LogP contribution >= 0.6 is 11.6 Å². The van der Waals surface area contributed by atoms with Crippen molar-refractivity contribution >= 4 is 57.1 Å². The maximum atomic E-state index is 13.2. The summed E-state index contributed by atoms with van der Waals surface area (Å²) in [6.45, 7) is 4.77. The number of aromatic nitrogens is 4. The van der Waals surface area contributed by atoms with E-state index < -0.39 is 5.91 Å². The fourth-order valence-electron chi connectivity index (χ4n) is 4.81. The van der Waals surface area contributed by atoms with Crippen LogP contribution in [0.4, 0.5) is 5.95 Å². The summed E-state index contributed by atoms with van der Waals surface area (Å²) in [5.41, 5.74) is 8.36. The number of hydrogen-bond acceptors (Lipinski definition) is 6. The number of aryl methyl sites for hydroxylation is 2. The molecule has 2 aromatic heterocycles. The summed E-state index contributed by atoms with van der Waals surface area (Å²) >= 11 is 6.06. The van der Waals surface area contributed by atoms with Gasteiger partial charge in [-0.2, -0.15) is 5.10 Å². The lowest BCUT2D eigenvalue weighted by atomic mass is 10.1. The molecule has 220 valence electrons. The normalized spacial score (nSPS) is 11.3. The van der Waals surface area contributed by atoms with E-state index in [-0.39, 0.29) is 36.4 Å². The van der Waals surface area contributed by atoms with Crippen LogP contribution in [0.25, 0.3) is 21.8 Å². The first-order valence-corrected chi connectivity index (χ1v) is 13.9. The number of hydrogen-bond donors (Lipinski definition) is 3. The second kappa shape index (κ2) is 12.4. The summed E-state index contributed by atoms with van der Waals surface area (Å²) in [6, 6.07) is 15.7. The number of benzene rings is 3. The van der Waals surface area contributed by atoms with E-state index in [1.54, 1.807) is 39.6 Å². The largest absolute Gasteiger partial charge is 0.494 e. The first kappa shape index (κ1) is 29.3. The smallest absolute Gasteiger partial charge is 0.276 e. The first-order chi connectivity index (χ1) is 20.7. The summed E-state index contributed by atoms with van der Waals surface area (Å²) in [4.78, 5) is 42.5. The van der Waals surface area contributed by atoms with Gasteiger partial charge in [0, 0.05) is 35.8 Å². The number of nitrogens with one attached hydrogen (secondary N) is 2. The quantitative estimate of drug-likeness (QED) is 0.198. The van der Waals surface area contributed by atoms with Gasteiger partial charge in [0.2, 0.25) is 11.9 Å². The van der Waals surface area contributed by atoms with E-state index in [0.717, 1.165) is 10.8 Å². The van der Waals surface area contributed by atoms with Gasteiger partial charge in [-0.3, -0.25) is 24.4 Å². The number of allylic oxidation sites excluding steroid dienone is 1. The van der Waals surface area contributed by atoms with Crippen molar-refractivity contribution in [2.24, 2.45) is 5.73 Å². The van der Waals surface area contributed by atoms with Crippen molar-refractivity contribution in [3.8, 4) is 5.75 Å². The highest BCUT2D eigenvalue weighted by atomic mass is 35.5. The average Bonchev–Trinajstić information content (AvgIpc) is 3.55. The topological polar surface area (TPSA) is 146 Å².